The van der Waals surface area contributed by atoms with Gasteiger partial charge in [-0.15, -0.1) is 0 Å². The average Bonchev–Trinajstić information content (AvgIpc) is 3.26. The van der Waals surface area contributed by atoms with Crippen LogP contribution in [0.1, 0.15) is 22.1 Å². The van der Waals surface area contributed by atoms with Gasteiger partial charge >= 0.3 is 6.03 Å². The minimum Gasteiger partial charge on any atom is -0.337 e. The number of carbonyl (C=O) groups is 2. The predicted octanol–water partition coefficient (Wildman–Crippen LogP) is 2.19. The highest BCUT2D eigenvalue weighted by Gasteiger charge is 2.46. The van der Waals surface area contributed by atoms with Crippen LogP contribution in [0.3, 0.4) is 0 Å². The largest absolute Gasteiger partial charge is 0.337 e. The van der Waals surface area contributed by atoms with Crippen LogP contribution in [-0.4, -0.2) is 64.4 Å². The van der Waals surface area contributed by atoms with E-state index >= 15 is 0 Å². The highest BCUT2D eigenvalue weighted by Crippen LogP contribution is 2.34. The van der Waals surface area contributed by atoms with Gasteiger partial charge in [0.05, 0.1) is 12.1 Å². The van der Waals surface area contributed by atoms with Crippen LogP contribution < -0.4 is 0 Å². The molecule has 2 aromatic rings. The molecule has 2 unspecified atom stereocenters. The van der Waals surface area contributed by atoms with Gasteiger partial charge < -0.3 is 19.3 Å². The maximum Gasteiger partial charge on any atom is 0.319 e. The summed E-state index contributed by atoms with van der Waals surface area (Å²) in [6.07, 6.45) is 1.91. The maximum atomic E-state index is 13.2. The number of amides is 3. The summed E-state index contributed by atoms with van der Waals surface area (Å²) in [6.45, 7) is 1.46. The smallest absolute Gasteiger partial charge is 0.319 e. The second-order valence-electron chi connectivity index (χ2n) is 7.08. The standard InChI is InChI=1S/C19H21FN4O2/c1-21(2)19(26)22-11-16-17(12-22)24(10-13-5-7-14(20)8-6-13)18(25)15-4-3-9-23(15)16/h3-9,16-17H,10-12H2,1-2H3. The van der Waals surface area contributed by atoms with Gasteiger partial charge in [0.25, 0.3) is 5.91 Å². The normalized spacial score (nSPS) is 21.6. The lowest BCUT2D eigenvalue weighted by atomic mass is 10.0. The lowest BCUT2D eigenvalue weighted by Crippen LogP contribution is -2.50. The summed E-state index contributed by atoms with van der Waals surface area (Å²) in [7, 11) is 3.46. The van der Waals surface area contributed by atoms with E-state index in [9.17, 15) is 14.0 Å². The number of nitrogens with zero attached hydrogens (tertiary/aromatic N) is 4. The third-order valence-electron chi connectivity index (χ3n) is 5.19. The summed E-state index contributed by atoms with van der Waals surface area (Å²) >= 11 is 0. The van der Waals surface area contributed by atoms with Gasteiger partial charge in [0.1, 0.15) is 11.5 Å². The van der Waals surface area contributed by atoms with Gasteiger partial charge in [-0.2, -0.15) is 0 Å². The maximum absolute atomic E-state index is 13.2. The van der Waals surface area contributed by atoms with Gasteiger partial charge in [0.2, 0.25) is 0 Å². The summed E-state index contributed by atoms with van der Waals surface area (Å²) in [5.74, 6) is -0.353. The van der Waals surface area contributed by atoms with Crippen molar-refractivity contribution in [3.63, 3.8) is 0 Å². The first-order valence-electron chi connectivity index (χ1n) is 8.64. The van der Waals surface area contributed by atoms with E-state index in [2.05, 4.69) is 0 Å². The Labute approximate surface area is 151 Å². The summed E-state index contributed by atoms with van der Waals surface area (Å²) in [6, 6.07) is 9.75. The zero-order valence-corrected chi connectivity index (χ0v) is 14.8. The number of benzene rings is 1. The Morgan fingerprint density at radius 3 is 2.54 bits per heavy atom. The molecule has 4 rings (SSSR count). The van der Waals surface area contributed by atoms with Crippen molar-refractivity contribution in [2.24, 2.45) is 0 Å². The fourth-order valence-corrected chi connectivity index (χ4v) is 3.93. The van der Waals surface area contributed by atoms with Gasteiger partial charge in [0.15, 0.2) is 0 Å². The van der Waals surface area contributed by atoms with Crippen LogP contribution in [0, 0.1) is 5.82 Å². The lowest BCUT2D eigenvalue weighted by molar-refractivity contribution is 0.0557. The molecule has 3 amide bonds. The number of fused-ring (bicyclic) bond motifs is 3. The molecule has 1 saturated heterocycles. The summed E-state index contributed by atoms with van der Waals surface area (Å²) < 4.78 is 15.2. The molecule has 136 valence electrons. The lowest BCUT2D eigenvalue weighted by Gasteiger charge is -2.38. The summed E-state index contributed by atoms with van der Waals surface area (Å²) in [5.41, 5.74) is 1.50. The molecule has 26 heavy (non-hydrogen) atoms. The van der Waals surface area contributed by atoms with E-state index in [0.29, 0.717) is 25.3 Å². The Morgan fingerprint density at radius 1 is 1.15 bits per heavy atom. The van der Waals surface area contributed by atoms with E-state index in [1.165, 1.54) is 12.1 Å². The second-order valence-corrected chi connectivity index (χ2v) is 7.08. The summed E-state index contributed by atoms with van der Waals surface area (Å²) in [5, 5.41) is 0. The number of rotatable bonds is 2. The van der Waals surface area contributed by atoms with E-state index in [1.54, 1.807) is 36.0 Å². The molecule has 0 spiro atoms. The van der Waals surface area contributed by atoms with Crippen LogP contribution in [0.15, 0.2) is 42.6 Å². The molecular formula is C19H21FN4O2. The predicted molar refractivity (Wildman–Crippen MR) is 94.2 cm³/mol. The van der Waals surface area contributed by atoms with E-state index in [-0.39, 0.29) is 29.8 Å². The molecule has 7 heteroatoms. The average molecular weight is 356 g/mol. The second kappa shape index (κ2) is 6.16. The van der Waals surface area contributed by atoms with Gasteiger partial charge in [-0.3, -0.25) is 4.79 Å². The molecule has 6 nitrogen and oxygen atoms in total. The molecule has 1 aromatic carbocycles. The zero-order chi connectivity index (χ0) is 18.4. The first-order chi connectivity index (χ1) is 12.5. The van der Waals surface area contributed by atoms with Gasteiger partial charge in [-0.25, -0.2) is 9.18 Å². The van der Waals surface area contributed by atoms with E-state index < -0.39 is 0 Å². The Hall–Kier alpha value is -2.83. The molecule has 2 atom stereocenters. The third kappa shape index (κ3) is 2.64. The molecule has 2 aliphatic heterocycles. The van der Waals surface area contributed by atoms with Crippen LogP contribution >= 0.6 is 0 Å². The third-order valence-corrected chi connectivity index (χ3v) is 5.19. The number of hydrogen-bond acceptors (Lipinski definition) is 2. The van der Waals surface area contributed by atoms with Crippen molar-refractivity contribution in [2.45, 2.75) is 18.6 Å². The molecule has 0 aliphatic carbocycles. The van der Waals surface area contributed by atoms with Crippen LogP contribution in [0.2, 0.25) is 0 Å². The molecule has 0 N–H and O–H groups in total. The quantitative estimate of drug-likeness (QED) is 0.828. The Balaban J connectivity index is 1.66. The van der Waals surface area contributed by atoms with Crippen LogP contribution in [-0.2, 0) is 6.54 Å². The van der Waals surface area contributed by atoms with Gasteiger partial charge in [-0.05, 0) is 29.8 Å². The minimum absolute atomic E-state index is 0.0297. The topological polar surface area (TPSA) is 48.8 Å². The SMILES string of the molecule is CN(C)C(=O)N1CC2C(C1)n1cccc1C(=O)N2Cc1ccc(F)cc1. The number of carbonyl (C=O) groups excluding carboxylic acids is 2. The van der Waals surface area contributed by atoms with Crippen molar-refractivity contribution in [3.8, 4) is 0 Å². The van der Waals surface area contributed by atoms with Crippen LogP contribution in [0.4, 0.5) is 9.18 Å². The van der Waals surface area contributed by atoms with Crippen molar-refractivity contribution in [2.75, 3.05) is 27.2 Å². The fraction of sp³-hybridized carbons (Fsp3) is 0.368. The molecule has 0 bridgehead atoms. The number of halogens is 1. The first kappa shape index (κ1) is 16.6. The Kier molecular flexibility index (Phi) is 3.94. The molecule has 0 saturated carbocycles. The van der Waals surface area contributed by atoms with Gasteiger partial charge in [0, 0.05) is 39.9 Å². The zero-order valence-electron chi connectivity index (χ0n) is 14.8. The van der Waals surface area contributed by atoms with Crippen LogP contribution in [0.5, 0.6) is 0 Å². The van der Waals surface area contributed by atoms with Crippen molar-refractivity contribution in [3.05, 3.63) is 59.7 Å². The highest BCUT2D eigenvalue weighted by molar-refractivity contribution is 5.94. The molecule has 2 aliphatic rings. The highest BCUT2D eigenvalue weighted by atomic mass is 19.1. The number of hydrogen-bond donors (Lipinski definition) is 0. The molecule has 1 aromatic heterocycles. The van der Waals surface area contributed by atoms with E-state index in [4.69, 9.17) is 0 Å². The Bertz CT molecular complexity index is 845. The van der Waals surface area contributed by atoms with Crippen molar-refractivity contribution in [1.82, 2.24) is 19.3 Å². The monoisotopic (exact) mass is 356 g/mol. The number of urea groups is 1. The van der Waals surface area contributed by atoms with E-state index in [0.717, 1.165) is 5.56 Å². The van der Waals surface area contributed by atoms with E-state index in [1.807, 2.05) is 27.8 Å². The minimum atomic E-state index is -0.297. The molecule has 3 heterocycles. The first-order valence-corrected chi connectivity index (χ1v) is 8.64. The van der Waals surface area contributed by atoms with Crippen molar-refractivity contribution >= 4 is 11.9 Å². The molecular weight excluding hydrogens is 335 g/mol. The Morgan fingerprint density at radius 2 is 1.85 bits per heavy atom. The van der Waals surface area contributed by atoms with Gasteiger partial charge in [-0.1, -0.05) is 12.1 Å². The van der Waals surface area contributed by atoms with Crippen molar-refractivity contribution < 1.29 is 14.0 Å². The molecule has 0 radical (unpaired) electrons. The van der Waals surface area contributed by atoms with Crippen LogP contribution in [0.25, 0.3) is 0 Å². The number of aromatic nitrogens is 1. The summed E-state index contributed by atoms with van der Waals surface area (Å²) in [4.78, 5) is 30.6. The number of likely N-dealkylation sites (tertiary alicyclic amines) is 1. The molecule has 1 fully saturated rings. The fourth-order valence-electron chi connectivity index (χ4n) is 3.93. The van der Waals surface area contributed by atoms with Crippen molar-refractivity contribution in [1.29, 1.82) is 0 Å².